The van der Waals surface area contributed by atoms with Crippen LogP contribution in [0.15, 0.2) is 35.2 Å². The van der Waals surface area contributed by atoms with Crippen LogP contribution >= 0.6 is 11.8 Å². The summed E-state index contributed by atoms with van der Waals surface area (Å²) in [6, 6.07) is 11.0. The molecule has 1 heteroatoms. The van der Waals surface area contributed by atoms with Gasteiger partial charge in [0.25, 0.3) is 0 Å². The monoisotopic (exact) mass is 186 g/mol. The van der Waals surface area contributed by atoms with Crippen molar-refractivity contribution in [2.75, 3.05) is 0 Å². The lowest BCUT2D eigenvalue weighted by Crippen LogP contribution is -2.25. The summed E-state index contributed by atoms with van der Waals surface area (Å²) in [6.07, 6.45) is 0. The van der Waals surface area contributed by atoms with Crippen molar-refractivity contribution in [3.05, 3.63) is 30.3 Å². The quantitative estimate of drug-likeness (QED) is 0.684. The van der Waals surface area contributed by atoms with Gasteiger partial charge >= 0.3 is 0 Å². The zero-order valence-electron chi connectivity index (χ0n) is 7.18. The maximum absolute atomic E-state index is 2.27. The first kappa shape index (κ1) is 6.13. The Balaban J connectivity index is 1.50. The summed E-state index contributed by atoms with van der Waals surface area (Å²) < 4.78 is 0.802. The molecule has 0 heterocycles. The van der Waals surface area contributed by atoms with Crippen LogP contribution in [0, 0.1) is 29.6 Å². The summed E-state index contributed by atoms with van der Waals surface area (Å²) in [7, 11) is 0. The van der Waals surface area contributed by atoms with Crippen LogP contribution in [0.4, 0.5) is 0 Å². The molecule has 0 radical (unpaired) electrons. The Hall–Kier alpha value is -0.430. The van der Waals surface area contributed by atoms with E-state index >= 15 is 0 Å². The number of thioether (sulfide) groups is 1. The van der Waals surface area contributed by atoms with Crippen LogP contribution in [-0.4, -0.2) is 4.75 Å². The van der Waals surface area contributed by atoms with Gasteiger partial charge in [-0.3, -0.25) is 0 Å². The van der Waals surface area contributed by atoms with Crippen LogP contribution in [0.3, 0.4) is 0 Å². The highest BCUT2D eigenvalue weighted by atomic mass is 32.2. The van der Waals surface area contributed by atoms with E-state index in [1.54, 1.807) is 0 Å². The van der Waals surface area contributed by atoms with Gasteiger partial charge in [-0.05, 0) is 41.7 Å². The average molecular weight is 186 g/mol. The van der Waals surface area contributed by atoms with Gasteiger partial charge in [-0.25, -0.2) is 0 Å². The molecule has 6 rings (SSSR count). The minimum atomic E-state index is 0.802. The average Bonchev–Trinajstić information content (AvgIpc) is 2.68. The number of hydrogen-bond donors (Lipinski definition) is 0. The van der Waals surface area contributed by atoms with Gasteiger partial charge in [0, 0.05) is 9.64 Å². The zero-order chi connectivity index (χ0) is 8.21. The zero-order valence-corrected chi connectivity index (χ0v) is 8.00. The van der Waals surface area contributed by atoms with Gasteiger partial charge in [0.2, 0.25) is 0 Å². The van der Waals surface area contributed by atoms with Gasteiger partial charge in [0.1, 0.15) is 0 Å². The standard InChI is InChI=1S/C12H10S/c1-2-4-6(5-3-1)13-12-9-7-8(9)11(12)10(7)12/h1-5,7-11H. The third-order valence-electron chi connectivity index (χ3n) is 4.84. The van der Waals surface area contributed by atoms with Crippen molar-refractivity contribution in [3.63, 3.8) is 0 Å². The molecule has 64 valence electrons. The van der Waals surface area contributed by atoms with Crippen molar-refractivity contribution in [1.82, 2.24) is 0 Å². The first-order valence-corrected chi connectivity index (χ1v) is 6.00. The van der Waals surface area contributed by atoms with Crippen LogP contribution in [0.5, 0.6) is 0 Å². The maximum Gasteiger partial charge on any atom is 0.0309 e. The van der Waals surface area contributed by atoms with E-state index in [1.165, 1.54) is 34.5 Å². The number of benzene rings is 1. The highest BCUT2D eigenvalue weighted by molar-refractivity contribution is 8.01. The number of rotatable bonds is 2. The van der Waals surface area contributed by atoms with Gasteiger partial charge in [-0.1, -0.05) is 18.2 Å². The molecule has 1 aromatic carbocycles. The molecule has 4 unspecified atom stereocenters. The van der Waals surface area contributed by atoms with Crippen molar-refractivity contribution < 1.29 is 0 Å². The topological polar surface area (TPSA) is 0 Å². The molecule has 1 aromatic rings. The van der Waals surface area contributed by atoms with Gasteiger partial charge in [-0.15, -0.1) is 11.8 Å². The normalized spacial score (nSPS) is 61.7. The number of hydrogen-bond acceptors (Lipinski definition) is 1. The lowest BCUT2D eigenvalue weighted by molar-refractivity contribution is 0.434. The second kappa shape index (κ2) is 1.48. The molecule has 0 amide bonds. The van der Waals surface area contributed by atoms with Crippen LogP contribution in [-0.2, 0) is 0 Å². The molecule has 0 spiro atoms. The van der Waals surface area contributed by atoms with Gasteiger partial charge in [-0.2, -0.15) is 0 Å². The fourth-order valence-electron chi connectivity index (χ4n) is 4.36. The minimum Gasteiger partial charge on any atom is -0.118 e. The predicted octanol–water partition coefficient (Wildman–Crippen LogP) is 2.65. The Bertz CT molecular complexity index is 381. The van der Waals surface area contributed by atoms with Crippen molar-refractivity contribution in [2.45, 2.75) is 9.64 Å². The summed E-state index contributed by atoms with van der Waals surface area (Å²) in [5.74, 6) is 5.97. The van der Waals surface area contributed by atoms with Crippen molar-refractivity contribution in [1.29, 1.82) is 0 Å². The molecule has 13 heavy (non-hydrogen) atoms. The Morgan fingerprint density at radius 1 is 0.923 bits per heavy atom. The summed E-state index contributed by atoms with van der Waals surface area (Å²) in [6.45, 7) is 0. The Morgan fingerprint density at radius 3 is 2.23 bits per heavy atom. The summed E-state index contributed by atoms with van der Waals surface area (Å²) >= 11 is 2.19. The summed E-state index contributed by atoms with van der Waals surface area (Å²) in [5, 5.41) is 0. The molecule has 4 atom stereocenters. The molecular weight excluding hydrogens is 176 g/mol. The Morgan fingerprint density at radius 2 is 1.62 bits per heavy atom. The molecule has 0 aliphatic heterocycles. The lowest BCUT2D eigenvalue weighted by atomic mass is 10.00. The lowest BCUT2D eigenvalue weighted by Gasteiger charge is -2.26. The molecule has 5 aliphatic rings. The van der Waals surface area contributed by atoms with E-state index in [0.717, 1.165) is 4.75 Å². The van der Waals surface area contributed by atoms with E-state index in [4.69, 9.17) is 0 Å². The van der Waals surface area contributed by atoms with Gasteiger partial charge < -0.3 is 0 Å². The van der Waals surface area contributed by atoms with Crippen LogP contribution < -0.4 is 0 Å². The fraction of sp³-hybridized carbons (Fsp3) is 0.500. The molecule has 5 fully saturated rings. The largest absolute Gasteiger partial charge is 0.118 e. The van der Waals surface area contributed by atoms with E-state index in [2.05, 4.69) is 42.1 Å². The second-order valence-corrected chi connectivity index (χ2v) is 6.38. The van der Waals surface area contributed by atoms with Crippen LogP contribution in [0.1, 0.15) is 0 Å². The highest BCUT2D eigenvalue weighted by Gasteiger charge is 3.06. The molecule has 0 aromatic heterocycles. The SMILES string of the molecule is c1ccc(SC23C4C5C4C2C53)cc1. The molecule has 0 nitrogen and oxygen atoms in total. The Kier molecular flexibility index (Phi) is 0.697. The van der Waals surface area contributed by atoms with Crippen LogP contribution in [0.2, 0.25) is 0 Å². The van der Waals surface area contributed by atoms with Crippen LogP contribution in [0.25, 0.3) is 0 Å². The van der Waals surface area contributed by atoms with Crippen molar-refractivity contribution >= 4 is 11.8 Å². The van der Waals surface area contributed by atoms with Crippen molar-refractivity contribution in [2.24, 2.45) is 29.6 Å². The van der Waals surface area contributed by atoms with E-state index in [0.29, 0.717) is 0 Å². The van der Waals surface area contributed by atoms with Gasteiger partial charge in [0.15, 0.2) is 0 Å². The van der Waals surface area contributed by atoms with E-state index < -0.39 is 0 Å². The summed E-state index contributed by atoms with van der Waals surface area (Å²) in [5.41, 5.74) is 0. The molecule has 0 N–H and O–H groups in total. The van der Waals surface area contributed by atoms with E-state index in [1.807, 2.05) is 0 Å². The Labute approximate surface area is 81.7 Å². The van der Waals surface area contributed by atoms with Crippen molar-refractivity contribution in [3.8, 4) is 0 Å². The smallest absolute Gasteiger partial charge is 0.0309 e. The predicted molar refractivity (Wildman–Crippen MR) is 52.5 cm³/mol. The van der Waals surface area contributed by atoms with E-state index in [9.17, 15) is 0 Å². The third-order valence-corrected chi connectivity index (χ3v) is 6.52. The maximum atomic E-state index is 2.27. The first-order valence-electron chi connectivity index (χ1n) is 5.18. The molecule has 5 saturated carbocycles. The van der Waals surface area contributed by atoms with Gasteiger partial charge in [0.05, 0.1) is 0 Å². The molecule has 5 aliphatic carbocycles. The molecule has 0 saturated heterocycles. The highest BCUT2D eigenvalue weighted by Crippen LogP contribution is 3.06. The third kappa shape index (κ3) is 0.414. The fourth-order valence-corrected chi connectivity index (χ4v) is 6.33. The minimum absolute atomic E-state index is 0.802. The molecule has 0 bridgehead atoms. The summed E-state index contributed by atoms with van der Waals surface area (Å²) in [4.78, 5) is 1.50. The first-order chi connectivity index (χ1) is 6.44. The molecular formula is C12H10S. The van der Waals surface area contributed by atoms with E-state index in [-0.39, 0.29) is 0 Å². The second-order valence-electron chi connectivity index (χ2n) is 5.00.